The van der Waals surface area contributed by atoms with Crippen molar-refractivity contribution in [3.05, 3.63) is 76.4 Å². The summed E-state index contributed by atoms with van der Waals surface area (Å²) in [5, 5.41) is 0.809. The van der Waals surface area contributed by atoms with Gasteiger partial charge >= 0.3 is 0 Å². The fourth-order valence-electron chi connectivity index (χ4n) is 4.91. The minimum Gasteiger partial charge on any atom is -0.497 e. The predicted molar refractivity (Wildman–Crippen MR) is 149 cm³/mol. The second-order valence-corrected chi connectivity index (χ2v) is 10.8. The first-order valence-electron chi connectivity index (χ1n) is 12.6. The van der Waals surface area contributed by atoms with Crippen LogP contribution in [0.1, 0.15) is 28.4 Å². The van der Waals surface area contributed by atoms with E-state index in [9.17, 15) is 9.59 Å². The second kappa shape index (κ2) is 11.6. The number of halogens is 1. The molecule has 3 heterocycles. The molecular weight excluding hydrogens is 522 g/mol. The van der Waals surface area contributed by atoms with Crippen molar-refractivity contribution in [2.45, 2.75) is 31.1 Å². The molecule has 1 fully saturated rings. The number of rotatable bonds is 6. The fraction of sp³-hybridized carbons (Fsp3) is 0.357. The van der Waals surface area contributed by atoms with E-state index in [-0.39, 0.29) is 23.6 Å². The van der Waals surface area contributed by atoms with Crippen LogP contribution < -0.4 is 9.64 Å². The van der Waals surface area contributed by atoms with Crippen LogP contribution in [0.5, 0.6) is 5.75 Å². The SMILES string of the molecule is COc1ccc(C(=O)N2CCN(c3cc(Cl)nc(SCC(=O)N4CCc5ccccc5C4)n3)CC2C)cc1. The van der Waals surface area contributed by atoms with E-state index < -0.39 is 0 Å². The third kappa shape index (κ3) is 5.89. The van der Waals surface area contributed by atoms with E-state index in [4.69, 9.17) is 21.3 Å². The number of fused-ring (bicyclic) bond motifs is 1. The van der Waals surface area contributed by atoms with Crippen molar-refractivity contribution < 1.29 is 14.3 Å². The van der Waals surface area contributed by atoms with Crippen LogP contribution in [0.4, 0.5) is 5.82 Å². The molecule has 198 valence electrons. The first-order chi connectivity index (χ1) is 18.4. The fourth-order valence-corrected chi connectivity index (χ4v) is 5.89. The number of aromatic nitrogens is 2. The van der Waals surface area contributed by atoms with Crippen molar-refractivity contribution in [1.29, 1.82) is 0 Å². The number of ether oxygens (including phenoxy) is 1. The maximum Gasteiger partial charge on any atom is 0.254 e. The third-order valence-electron chi connectivity index (χ3n) is 7.02. The number of hydrogen-bond donors (Lipinski definition) is 0. The van der Waals surface area contributed by atoms with Gasteiger partial charge in [-0.1, -0.05) is 47.6 Å². The second-order valence-electron chi connectivity index (χ2n) is 9.48. The number of methoxy groups -OCH3 is 1. The maximum absolute atomic E-state index is 13.1. The number of piperazine rings is 1. The Balaban J connectivity index is 1.19. The molecule has 0 aliphatic carbocycles. The van der Waals surface area contributed by atoms with Crippen LogP contribution in [0.2, 0.25) is 5.15 Å². The Kier molecular flexibility index (Phi) is 8.04. The standard InChI is InChI=1S/C28H30ClN5O3S/c1-19-16-32(13-14-34(19)27(36)21-7-9-23(37-2)10-8-21)25-15-24(29)30-28(31-25)38-18-26(35)33-12-11-20-5-3-4-6-22(20)17-33/h3-10,15,19H,11-14,16-18H2,1-2H3. The van der Waals surface area contributed by atoms with Crippen LogP contribution in [0.15, 0.2) is 59.8 Å². The maximum atomic E-state index is 13.1. The van der Waals surface area contributed by atoms with E-state index in [2.05, 4.69) is 22.0 Å². The van der Waals surface area contributed by atoms with Crippen molar-refractivity contribution in [3.8, 4) is 5.75 Å². The van der Waals surface area contributed by atoms with Gasteiger partial charge in [-0.25, -0.2) is 9.97 Å². The molecule has 1 aromatic heterocycles. The molecule has 1 atom stereocenters. The number of hydrogen-bond acceptors (Lipinski definition) is 7. The predicted octanol–water partition coefficient (Wildman–Crippen LogP) is 4.17. The minimum atomic E-state index is -0.0215. The molecule has 5 rings (SSSR count). The van der Waals surface area contributed by atoms with E-state index in [1.807, 2.05) is 28.9 Å². The normalized spacial score (nSPS) is 17.2. The first kappa shape index (κ1) is 26.3. The van der Waals surface area contributed by atoms with Gasteiger partial charge < -0.3 is 19.4 Å². The largest absolute Gasteiger partial charge is 0.497 e. The lowest BCUT2D eigenvalue weighted by atomic mass is 10.00. The highest BCUT2D eigenvalue weighted by atomic mass is 35.5. The lowest BCUT2D eigenvalue weighted by molar-refractivity contribution is -0.129. The van der Waals surface area contributed by atoms with Gasteiger partial charge in [-0.15, -0.1) is 0 Å². The van der Waals surface area contributed by atoms with Gasteiger partial charge in [-0.05, 0) is 48.7 Å². The number of nitrogens with zero attached hydrogens (tertiary/aromatic N) is 5. The number of carbonyl (C=O) groups is 2. The van der Waals surface area contributed by atoms with E-state index in [1.54, 1.807) is 37.4 Å². The molecule has 0 bridgehead atoms. The van der Waals surface area contributed by atoms with Crippen molar-refractivity contribution in [2.75, 3.05) is 43.9 Å². The lowest BCUT2D eigenvalue weighted by Gasteiger charge is -2.40. The van der Waals surface area contributed by atoms with Gasteiger partial charge in [0.2, 0.25) is 5.91 Å². The Bertz CT molecular complexity index is 1320. The van der Waals surface area contributed by atoms with E-state index in [1.165, 1.54) is 22.9 Å². The summed E-state index contributed by atoms with van der Waals surface area (Å²) in [4.78, 5) is 40.9. The summed E-state index contributed by atoms with van der Waals surface area (Å²) < 4.78 is 5.19. The molecule has 3 aromatic rings. The molecule has 1 saturated heterocycles. The lowest BCUT2D eigenvalue weighted by Crippen LogP contribution is -2.54. The van der Waals surface area contributed by atoms with Crippen molar-refractivity contribution in [2.24, 2.45) is 0 Å². The van der Waals surface area contributed by atoms with Crippen molar-refractivity contribution >= 4 is 41.0 Å². The molecule has 0 spiro atoms. The Morgan fingerprint density at radius 3 is 2.55 bits per heavy atom. The molecule has 38 heavy (non-hydrogen) atoms. The number of anilines is 1. The molecule has 0 saturated carbocycles. The molecule has 2 aliphatic heterocycles. The third-order valence-corrected chi connectivity index (χ3v) is 8.04. The molecule has 2 aromatic carbocycles. The quantitative estimate of drug-likeness (QED) is 0.258. The van der Waals surface area contributed by atoms with Gasteiger partial charge in [-0.3, -0.25) is 9.59 Å². The van der Waals surface area contributed by atoms with Gasteiger partial charge in [0.25, 0.3) is 5.91 Å². The Morgan fingerprint density at radius 1 is 1.05 bits per heavy atom. The number of carbonyl (C=O) groups excluding carboxylic acids is 2. The average molecular weight is 552 g/mol. The van der Waals surface area contributed by atoms with Crippen LogP contribution in [0, 0.1) is 0 Å². The Morgan fingerprint density at radius 2 is 1.82 bits per heavy atom. The highest BCUT2D eigenvalue weighted by Gasteiger charge is 2.29. The van der Waals surface area contributed by atoms with Crippen molar-refractivity contribution in [3.63, 3.8) is 0 Å². The van der Waals surface area contributed by atoms with E-state index in [0.717, 1.165) is 18.7 Å². The molecule has 2 amide bonds. The van der Waals surface area contributed by atoms with Gasteiger partial charge in [0, 0.05) is 50.4 Å². The molecule has 8 nitrogen and oxygen atoms in total. The monoisotopic (exact) mass is 551 g/mol. The smallest absolute Gasteiger partial charge is 0.254 e. The first-order valence-corrected chi connectivity index (χ1v) is 14.0. The molecule has 2 aliphatic rings. The van der Waals surface area contributed by atoms with Crippen LogP contribution >= 0.6 is 23.4 Å². The van der Waals surface area contributed by atoms with Gasteiger partial charge in [0.05, 0.1) is 12.9 Å². The zero-order valence-electron chi connectivity index (χ0n) is 21.5. The van der Waals surface area contributed by atoms with Crippen LogP contribution in [0.25, 0.3) is 0 Å². The highest BCUT2D eigenvalue weighted by molar-refractivity contribution is 7.99. The summed E-state index contributed by atoms with van der Waals surface area (Å²) in [5.41, 5.74) is 3.15. The Hall–Kier alpha value is -3.30. The van der Waals surface area contributed by atoms with Gasteiger partial charge in [0.15, 0.2) is 5.16 Å². The summed E-state index contributed by atoms with van der Waals surface area (Å²) in [7, 11) is 1.60. The topological polar surface area (TPSA) is 78.9 Å². The van der Waals surface area contributed by atoms with Crippen LogP contribution in [-0.2, 0) is 17.8 Å². The number of thioether (sulfide) groups is 1. The minimum absolute atomic E-state index is 0.00406. The summed E-state index contributed by atoms with van der Waals surface area (Å²) >= 11 is 7.65. The zero-order chi connectivity index (χ0) is 26.6. The van der Waals surface area contributed by atoms with Gasteiger partial charge in [-0.2, -0.15) is 0 Å². The molecule has 1 unspecified atom stereocenters. The van der Waals surface area contributed by atoms with Crippen LogP contribution in [0.3, 0.4) is 0 Å². The molecular formula is C28H30ClN5O3S. The molecule has 0 radical (unpaired) electrons. The molecule has 10 heteroatoms. The van der Waals surface area contributed by atoms with Crippen molar-refractivity contribution in [1.82, 2.24) is 19.8 Å². The summed E-state index contributed by atoms with van der Waals surface area (Å²) in [6.07, 6.45) is 0.871. The Labute approximate surface area is 231 Å². The van der Waals surface area contributed by atoms with E-state index in [0.29, 0.717) is 47.9 Å². The summed E-state index contributed by atoms with van der Waals surface area (Å²) in [6.45, 7) is 5.18. The highest BCUT2D eigenvalue weighted by Crippen LogP contribution is 2.26. The van der Waals surface area contributed by atoms with Crippen LogP contribution in [-0.4, -0.2) is 76.7 Å². The molecule has 0 N–H and O–H groups in total. The zero-order valence-corrected chi connectivity index (χ0v) is 23.0. The van der Waals surface area contributed by atoms with Gasteiger partial charge in [0.1, 0.15) is 16.7 Å². The number of benzene rings is 2. The summed E-state index contributed by atoms with van der Waals surface area (Å²) in [6, 6.07) is 17.2. The van der Waals surface area contributed by atoms with E-state index >= 15 is 0 Å². The summed E-state index contributed by atoms with van der Waals surface area (Å²) in [5.74, 6) is 1.74. The average Bonchev–Trinajstić information content (AvgIpc) is 2.95. The number of amides is 2.